The predicted molar refractivity (Wildman–Crippen MR) is 137 cm³/mol. The molecule has 2 aromatic heterocycles. The van der Waals surface area contributed by atoms with Gasteiger partial charge < -0.3 is 15.0 Å². The lowest BCUT2D eigenvalue weighted by Crippen LogP contribution is -2.28. The van der Waals surface area contributed by atoms with Gasteiger partial charge in [-0.15, -0.1) is 5.10 Å². The third kappa shape index (κ3) is 5.83. The second-order valence-electron chi connectivity index (χ2n) is 8.24. The summed E-state index contributed by atoms with van der Waals surface area (Å²) in [6, 6.07) is 12.6. The van der Waals surface area contributed by atoms with E-state index in [9.17, 15) is 4.79 Å². The standard InChI is InChI=1S/C25H28Cl2N6O2/c1-3-5-6-13-28-22(24-30-31-32-33(24)15-16-7-9-17(26)10-8-16)21-19-12-11-18(27)14-20(19)29-23(21)25(34)35-4-2/h7-12,14,22,28-29H,3-6,13,15H2,1-2H3. The Balaban J connectivity index is 1.81. The summed E-state index contributed by atoms with van der Waals surface area (Å²) >= 11 is 12.3. The van der Waals surface area contributed by atoms with Crippen LogP contribution < -0.4 is 5.32 Å². The van der Waals surface area contributed by atoms with E-state index in [1.54, 1.807) is 23.7 Å². The number of fused-ring (bicyclic) bond motifs is 1. The Morgan fingerprint density at radius 1 is 1.11 bits per heavy atom. The fraction of sp³-hybridized carbons (Fsp3) is 0.360. The number of carbonyl (C=O) groups is 1. The van der Waals surface area contributed by atoms with Crippen LogP contribution in [0.15, 0.2) is 42.5 Å². The number of esters is 1. The molecule has 0 saturated heterocycles. The SMILES string of the molecule is CCCCCNC(c1c(C(=O)OCC)[nH]c2cc(Cl)ccc12)c1nnnn1Cc1ccc(Cl)cc1. The number of aromatic amines is 1. The fourth-order valence-electron chi connectivity index (χ4n) is 4.09. The van der Waals surface area contributed by atoms with E-state index >= 15 is 0 Å². The molecule has 184 valence electrons. The van der Waals surface area contributed by atoms with Crippen molar-refractivity contribution in [2.45, 2.75) is 45.7 Å². The molecule has 1 unspecified atom stereocenters. The molecule has 4 aromatic rings. The van der Waals surface area contributed by atoms with E-state index in [0.29, 0.717) is 28.1 Å². The summed E-state index contributed by atoms with van der Waals surface area (Å²) in [7, 11) is 0. The maximum atomic E-state index is 13.0. The van der Waals surface area contributed by atoms with Gasteiger partial charge in [0, 0.05) is 26.5 Å². The number of tetrazole rings is 1. The van der Waals surface area contributed by atoms with Crippen molar-refractivity contribution in [2.24, 2.45) is 0 Å². The lowest BCUT2D eigenvalue weighted by molar-refractivity contribution is 0.0518. The first-order valence-corrected chi connectivity index (χ1v) is 12.5. The van der Waals surface area contributed by atoms with E-state index in [1.165, 1.54) is 0 Å². The summed E-state index contributed by atoms with van der Waals surface area (Å²) in [6.45, 7) is 5.39. The normalized spacial score (nSPS) is 12.2. The van der Waals surface area contributed by atoms with Crippen LogP contribution in [-0.4, -0.2) is 44.3 Å². The van der Waals surface area contributed by atoms with Crippen LogP contribution in [-0.2, 0) is 11.3 Å². The van der Waals surface area contributed by atoms with Crippen LogP contribution in [0.2, 0.25) is 10.0 Å². The minimum atomic E-state index is -0.455. The van der Waals surface area contributed by atoms with Gasteiger partial charge >= 0.3 is 5.97 Å². The van der Waals surface area contributed by atoms with Gasteiger partial charge in [0.25, 0.3) is 0 Å². The number of ether oxygens (including phenoxy) is 1. The van der Waals surface area contributed by atoms with Gasteiger partial charge in [-0.2, -0.15) is 0 Å². The third-order valence-corrected chi connectivity index (χ3v) is 6.25. The van der Waals surface area contributed by atoms with Crippen LogP contribution in [0, 0.1) is 0 Å². The Labute approximate surface area is 214 Å². The van der Waals surface area contributed by atoms with Crippen molar-refractivity contribution < 1.29 is 9.53 Å². The number of rotatable bonds is 11. The predicted octanol–water partition coefficient (Wildman–Crippen LogP) is 5.56. The van der Waals surface area contributed by atoms with Crippen molar-refractivity contribution in [3.63, 3.8) is 0 Å². The molecule has 8 nitrogen and oxygen atoms in total. The van der Waals surface area contributed by atoms with Gasteiger partial charge in [0.15, 0.2) is 5.82 Å². The van der Waals surface area contributed by atoms with Crippen LogP contribution in [0.3, 0.4) is 0 Å². The lowest BCUT2D eigenvalue weighted by atomic mass is 10.0. The molecule has 2 N–H and O–H groups in total. The lowest BCUT2D eigenvalue weighted by Gasteiger charge is -2.20. The zero-order valence-electron chi connectivity index (χ0n) is 19.7. The average Bonchev–Trinajstić information content (AvgIpc) is 3.45. The first-order valence-electron chi connectivity index (χ1n) is 11.7. The monoisotopic (exact) mass is 514 g/mol. The van der Waals surface area contributed by atoms with E-state index < -0.39 is 12.0 Å². The molecule has 0 bridgehead atoms. The van der Waals surface area contributed by atoms with Crippen LogP contribution in [0.1, 0.15) is 66.6 Å². The molecule has 0 amide bonds. The topological polar surface area (TPSA) is 97.7 Å². The molecule has 0 aliphatic carbocycles. The molecule has 2 aromatic carbocycles. The van der Waals surface area contributed by atoms with Crippen LogP contribution >= 0.6 is 23.2 Å². The molecule has 35 heavy (non-hydrogen) atoms. The first-order chi connectivity index (χ1) is 17.0. The second-order valence-corrected chi connectivity index (χ2v) is 9.11. The smallest absolute Gasteiger partial charge is 0.355 e. The number of carbonyl (C=O) groups excluding carboxylic acids is 1. The highest BCUT2D eigenvalue weighted by atomic mass is 35.5. The molecule has 4 rings (SSSR count). The zero-order valence-corrected chi connectivity index (χ0v) is 21.2. The molecule has 0 saturated carbocycles. The van der Waals surface area contributed by atoms with E-state index in [0.717, 1.165) is 47.8 Å². The summed E-state index contributed by atoms with van der Waals surface area (Å²) in [4.78, 5) is 16.2. The molecular formula is C25H28Cl2N6O2. The van der Waals surface area contributed by atoms with Gasteiger partial charge in [0.05, 0.1) is 19.2 Å². The van der Waals surface area contributed by atoms with E-state index in [1.807, 2.05) is 30.3 Å². The van der Waals surface area contributed by atoms with Crippen LogP contribution in [0.5, 0.6) is 0 Å². The van der Waals surface area contributed by atoms with Crippen molar-refractivity contribution in [1.29, 1.82) is 0 Å². The summed E-state index contributed by atoms with van der Waals surface area (Å²) in [6.07, 6.45) is 3.17. The fourth-order valence-corrected chi connectivity index (χ4v) is 4.39. The number of H-pyrrole nitrogens is 1. The summed E-state index contributed by atoms with van der Waals surface area (Å²) < 4.78 is 7.11. The second kappa shape index (κ2) is 11.7. The van der Waals surface area contributed by atoms with Crippen molar-refractivity contribution in [3.8, 4) is 0 Å². The third-order valence-electron chi connectivity index (χ3n) is 5.76. The zero-order chi connectivity index (χ0) is 24.8. The molecule has 0 aliphatic rings. The van der Waals surface area contributed by atoms with Crippen molar-refractivity contribution in [3.05, 3.63) is 75.2 Å². The van der Waals surface area contributed by atoms with Gasteiger partial charge in [-0.05, 0) is 60.1 Å². The van der Waals surface area contributed by atoms with Gasteiger partial charge in [-0.25, -0.2) is 9.48 Å². The van der Waals surface area contributed by atoms with Crippen LogP contribution in [0.4, 0.5) is 0 Å². The molecule has 0 spiro atoms. The number of nitrogens with zero attached hydrogens (tertiary/aromatic N) is 4. The molecule has 1 atom stereocenters. The highest BCUT2D eigenvalue weighted by Gasteiger charge is 2.30. The molecule has 0 radical (unpaired) electrons. The molecular weight excluding hydrogens is 487 g/mol. The number of halogens is 2. The Bertz CT molecular complexity index is 1290. The quantitative estimate of drug-likeness (QED) is 0.201. The molecule has 2 heterocycles. The van der Waals surface area contributed by atoms with Crippen LogP contribution in [0.25, 0.3) is 10.9 Å². The minimum absolute atomic E-state index is 0.261. The minimum Gasteiger partial charge on any atom is -0.461 e. The first kappa shape index (κ1) is 25.2. The maximum absolute atomic E-state index is 13.0. The average molecular weight is 515 g/mol. The Kier molecular flexibility index (Phi) is 8.38. The van der Waals surface area contributed by atoms with E-state index in [2.05, 4.69) is 32.7 Å². The number of hydrogen-bond acceptors (Lipinski definition) is 6. The van der Waals surface area contributed by atoms with Gasteiger partial charge in [0.2, 0.25) is 0 Å². The van der Waals surface area contributed by atoms with Gasteiger partial charge in [-0.1, -0.05) is 61.2 Å². The Morgan fingerprint density at radius 2 is 1.89 bits per heavy atom. The number of nitrogens with one attached hydrogen (secondary N) is 2. The number of aromatic nitrogens is 5. The van der Waals surface area contributed by atoms with E-state index in [4.69, 9.17) is 27.9 Å². The molecule has 0 fully saturated rings. The summed E-state index contributed by atoms with van der Waals surface area (Å²) in [5.41, 5.74) is 2.84. The highest BCUT2D eigenvalue weighted by Crippen LogP contribution is 2.33. The molecule has 10 heteroatoms. The highest BCUT2D eigenvalue weighted by molar-refractivity contribution is 6.31. The van der Waals surface area contributed by atoms with Gasteiger partial charge in [-0.3, -0.25) is 0 Å². The van der Waals surface area contributed by atoms with Crippen molar-refractivity contribution in [2.75, 3.05) is 13.2 Å². The Hall–Kier alpha value is -2.94. The summed E-state index contributed by atoms with van der Waals surface area (Å²) in [5.74, 6) is 0.157. The largest absolute Gasteiger partial charge is 0.461 e. The maximum Gasteiger partial charge on any atom is 0.355 e. The number of unbranched alkanes of at least 4 members (excludes halogenated alkanes) is 2. The van der Waals surface area contributed by atoms with Crippen molar-refractivity contribution >= 4 is 40.1 Å². The number of hydrogen-bond donors (Lipinski definition) is 2. The van der Waals surface area contributed by atoms with Gasteiger partial charge in [0.1, 0.15) is 5.69 Å². The molecule has 0 aliphatic heterocycles. The summed E-state index contributed by atoms with van der Waals surface area (Å²) in [5, 5.41) is 18.3. The Morgan fingerprint density at radius 3 is 2.63 bits per heavy atom. The van der Waals surface area contributed by atoms with Crippen molar-refractivity contribution in [1.82, 2.24) is 30.5 Å². The van der Waals surface area contributed by atoms with E-state index in [-0.39, 0.29) is 6.61 Å². The number of benzene rings is 2.